The highest BCUT2D eigenvalue weighted by Gasteiger charge is 2.31. The molecule has 1 aliphatic rings. The molecule has 5 N–H and O–H groups in total. The number of hydrogen-bond acceptors (Lipinski definition) is 5. The van der Waals surface area contributed by atoms with Crippen LogP contribution in [0.5, 0.6) is 0 Å². The van der Waals surface area contributed by atoms with E-state index in [-0.39, 0.29) is 0 Å². The van der Waals surface area contributed by atoms with Crippen molar-refractivity contribution in [3.63, 3.8) is 0 Å². The van der Waals surface area contributed by atoms with Gasteiger partial charge in [0.25, 0.3) is 0 Å². The Balaban J connectivity index is 1.90. The first-order valence-electron chi connectivity index (χ1n) is 6.51. The molecule has 0 amide bonds. The number of nitrogen functional groups attached to an aromatic ring is 1. The largest absolute Gasteiger partial charge is 0.388 e. The molecule has 0 spiro atoms. The highest BCUT2D eigenvalue weighted by Crippen LogP contribution is 2.31. The summed E-state index contributed by atoms with van der Waals surface area (Å²) in [5.74, 6) is 7.39. The number of nitrogens with zero attached hydrogens (tertiary/aromatic N) is 1. The molecule has 1 aromatic rings. The van der Waals surface area contributed by atoms with E-state index in [2.05, 4.69) is 22.7 Å². The zero-order valence-corrected chi connectivity index (χ0v) is 10.8. The number of hydrazine groups is 1. The van der Waals surface area contributed by atoms with Crippen LogP contribution in [0.25, 0.3) is 0 Å². The number of aromatic nitrogens is 1. The Kier molecular flexibility index (Phi) is 4.04. The summed E-state index contributed by atoms with van der Waals surface area (Å²) in [7, 11) is 0. The van der Waals surface area contributed by atoms with Crippen LogP contribution in [0.1, 0.15) is 32.6 Å². The van der Waals surface area contributed by atoms with E-state index in [0.29, 0.717) is 12.4 Å². The predicted octanol–water partition coefficient (Wildman–Crippen LogP) is 1.72. The number of rotatable bonds is 4. The van der Waals surface area contributed by atoms with Gasteiger partial charge in [-0.1, -0.05) is 13.0 Å². The summed E-state index contributed by atoms with van der Waals surface area (Å²) >= 11 is 0. The molecule has 5 heteroatoms. The molecule has 1 aliphatic carbocycles. The van der Waals surface area contributed by atoms with Crippen LogP contribution in [0.15, 0.2) is 18.2 Å². The third-order valence-electron chi connectivity index (χ3n) is 3.70. The van der Waals surface area contributed by atoms with E-state index in [1.807, 2.05) is 12.1 Å². The van der Waals surface area contributed by atoms with Crippen molar-refractivity contribution in [1.82, 2.24) is 4.98 Å². The summed E-state index contributed by atoms with van der Waals surface area (Å²) in [6.07, 6.45) is 3.90. The Morgan fingerprint density at radius 2 is 2.06 bits per heavy atom. The molecule has 0 unspecified atom stereocenters. The Morgan fingerprint density at radius 3 is 2.72 bits per heavy atom. The van der Waals surface area contributed by atoms with Crippen molar-refractivity contribution in [3.05, 3.63) is 18.2 Å². The SMILES string of the molecule is CC1CCC(O)(CNc2cccc(NN)n2)CC1. The van der Waals surface area contributed by atoms with Crippen LogP contribution >= 0.6 is 0 Å². The molecule has 1 fully saturated rings. The summed E-state index contributed by atoms with van der Waals surface area (Å²) in [6.45, 7) is 2.78. The Hall–Kier alpha value is -1.33. The molecular weight excluding hydrogens is 228 g/mol. The Bertz CT molecular complexity index is 388. The van der Waals surface area contributed by atoms with Crippen molar-refractivity contribution in [3.8, 4) is 0 Å². The summed E-state index contributed by atoms with van der Waals surface area (Å²) < 4.78 is 0. The molecule has 1 heterocycles. The first-order valence-corrected chi connectivity index (χ1v) is 6.51. The van der Waals surface area contributed by atoms with Crippen LogP contribution in [0.3, 0.4) is 0 Å². The van der Waals surface area contributed by atoms with Crippen molar-refractivity contribution in [1.29, 1.82) is 0 Å². The first kappa shape index (κ1) is 13.1. The minimum atomic E-state index is -0.597. The van der Waals surface area contributed by atoms with Crippen molar-refractivity contribution in [2.45, 2.75) is 38.2 Å². The monoisotopic (exact) mass is 250 g/mol. The molecule has 0 atom stereocenters. The number of nitrogens with two attached hydrogens (primary N) is 1. The maximum absolute atomic E-state index is 10.4. The Morgan fingerprint density at radius 1 is 1.39 bits per heavy atom. The van der Waals surface area contributed by atoms with Crippen LogP contribution in [0.4, 0.5) is 11.6 Å². The van der Waals surface area contributed by atoms with Crippen LogP contribution < -0.4 is 16.6 Å². The first-order chi connectivity index (χ1) is 8.61. The van der Waals surface area contributed by atoms with E-state index in [1.165, 1.54) is 0 Å². The molecule has 0 aromatic carbocycles. The van der Waals surface area contributed by atoms with E-state index in [1.54, 1.807) is 6.07 Å². The van der Waals surface area contributed by atoms with Crippen molar-refractivity contribution in [2.24, 2.45) is 11.8 Å². The summed E-state index contributed by atoms with van der Waals surface area (Å²) in [5.41, 5.74) is 1.91. The van der Waals surface area contributed by atoms with Gasteiger partial charge in [0.05, 0.1) is 5.60 Å². The second-order valence-corrected chi connectivity index (χ2v) is 5.31. The third kappa shape index (κ3) is 3.34. The van der Waals surface area contributed by atoms with Crippen LogP contribution in [0, 0.1) is 5.92 Å². The lowest BCUT2D eigenvalue weighted by molar-refractivity contribution is 0.00495. The van der Waals surface area contributed by atoms with Crippen molar-refractivity contribution in [2.75, 3.05) is 17.3 Å². The fourth-order valence-corrected chi connectivity index (χ4v) is 2.34. The smallest absolute Gasteiger partial charge is 0.142 e. The van der Waals surface area contributed by atoms with Crippen molar-refractivity contribution >= 4 is 11.6 Å². The summed E-state index contributed by atoms with van der Waals surface area (Å²) in [5, 5.41) is 13.6. The zero-order chi connectivity index (χ0) is 13.0. The van der Waals surface area contributed by atoms with Gasteiger partial charge in [0, 0.05) is 6.54 Å². The molecule has 2 rings (SSSR count). The topological polar surface area (TPSA) is 83.2 Å². The molecule has 1 saturated carbocycles. The molecule has 0 aliphatic heterocycles. The average molecular weight is 250 g/mol. The summed E-state index contributed by atoms with van der Waals surface area (Å²) in [6, 6.07) is 5.54. The minimum absolute atomic E-state index is 0.542. The maximum atomic E-state index is 10.4. The third-order valence-corrected chi connectivity index (χ3v) is 3.70. The lowest BCUT2D eigenvalue weighted by atomic mass is 9.79. The molecule has 0 saturated heterocycles. The maximum Gasteiger partial charge on any atom is 0.142 e. The van der Waals surface area contributed by atoms with Gasteiger partial charge in [-0.05, 0) is 43.7 Å². The lowest BCUT2D eigenvalue weighted by Crippen LogP contribution is -2.40. The standard InChI is InChI=1S/C13H22N4O/c1-10-5-7-13(18,8-6-10)9-15-11-3-2-4-12(16-11)17-14/h2-4,10,18H,5-9,14H2,1H3,(H2,15,16,17). The number of pyridine rings is 1. The summed E-state index contributed by atoms with van der Waals surface area (Å²) in [4.78, 5) is 4.26. The van der Waals surface area contributed by atoms with Gasteiger partial charge >= 0.3 is 0 Å². The van der Waals surface area contributed by atoms with E-state index in [0.717, 1.165) is 37.4 Å². The molecule has 5 nitrogen and oxygen atoms in total. The van der Waals surface area contributed by atoms with E-state index < -0.39 is 5.60 Å². The molecular formula is C13H22N4O. The lowest BCUT2D eigenvalue weighted by Gasteiger charge is -2.35. The van der Waals surface area contributed by atoms with E-state index in [9.17, 15) is 5.11 Å². The van der Waals surface area contributed by atoms with E-state index >= 15 is 0 Å². The van der Waals surface area contributed by atoms with Crippen LogP contribution in [-0.2, 0) is 0 Å². The highest BCUT2D eigenvalue weighted by atomic mass is 16.3. The molecule has 0 bridgehead atoms. The van der Waals surface area contributed by atoms with Gasteiger partial charge in [0.1, 0.15) is 11.6 Å². The fourth-order valence-electron chi connectivity index (χ4n) is 2.34. The van der Waals surface area contributed by atoms with Gasteiger partial charge < -0.3 is 15.8 Å². The van der Waals surface area contributed by atoms with E-state index in [4.69, 9.17) is 5.84 Å². The van der Waals surface area contributed by atoms with Crippen LogP contribution in [-0.4, -0.2) is 22.2 Å². The van der Waals surface area contributed by atoms with Gasteiger partial charge in [-0.25, -0.2) is 10.8 Å². The molecule has 0 radical (unpaired) electrons. The van der Waals surface area contributed by atoms with Gasteiger partial charge in [-0.15, -0.1) is 0 Å². The molecule has 18 heavy (non-hydrogen) atoms. The minimum Gasteiger partial charge on any atom is -0.388 e. The Labute approximate surface area is 108 Å². The number of aliphatic hydroxyl groups is 1. The molecule has 1 aromatic heterocycles. The highest BCUT2D eigenvalue weighted by molar-refractivity contribution is 5.44. The van der Waals surface area contributed by atoms with Gasteiger partial charge in [0.2, 0.25) is 0 Å². The quantitative estimate of drug-likeness (QED) is 0.483. The second-order valence-electron chi connectivity index (χ2n) is 5.31. The molecule has 100 valence electrons. The number of nitrogens with one attached hydrogen (secondary N) is 2. The van der Waals surface area contributed by atoms with Crippen LogP contribution in [0.2, 0.25) is 0 Å². The van der Waals surface area contributed by atoms with Gasteiger partial charge in [0.15, 0.2) is 0 Å². The normalized spacial score (nSPS) is 27.8. The van der Waals surface area contributed by atoms with Gasteiger partial charge in [-0.3, -0.25) is 0 Å². The number of anilines is 2. The average Bonchev–Trinajstić information content (AvgIpc) is 2.41. The fraction of sp³-hybridized carbons (Fsp3) is 0.615. The number of hydrogen-bond donors (Lipinski definition) is 4. The predicted molar refractivity (Wildman–Crippen MR) is 73.1 cm³/mol. The van der Waals surface area contributed by atoms with Gasteiger partial charge in [-0.2, -0.15) is 0 Å². The zero-order valence-electron chi connectivity index (χ0n) is 10.8. The van der Waals surface area contributed by atoms with Crippen molar-refractivity contribution < 1.29 is 5.11 Å². The second kappa shape index (κ2) is 5.54.